The van der Waals surface area contributed by atoms with Crippen molar-refractivity contribution in [2.24, 2.45) is 0 Å². The number of nitrogens with one attached hydrogen (secondary N) is 1. The number of benzene rings is 1. The molecule has 4 rings (SSSR count). The van der Waals surface area contributed by atoms with Crippen LogP contribution >= 0.6 is 11.3 Å². The van der Waals surface area contributed by atoms with Crippen molar-refractivity contribution < 1.29 is 9.53 Å². The monoisotopic (exact) mass is 385 g/mol. The third-order valence-corrected chi connectivity index (χ3v) is 5.86. The highest BCUT2D eigenvalue weighted by atomic mass is 32.1. The van der Waals surface area contributed by atoms with E-state index in [1.807, 2.05) is 23.7 Å². The molecular formula is C19H23N5O2S. The molecule has 0 bridgehead atoms. The molecular weight excluding hydrogens is 362 g/mol. The Hall–Kier alpha value is -2.29. The molecule has 3 heterocycles. The Bertz CT molecular complexity index is 902. The minimum absolute atomic E-state index is 0.0854. The summed E-state index contributed by atoms with van der Waals surface area (Å²) >= 11 is 1.72. The fraction of sp³-hybridized carbons (Fsp3) is 0.421. The lowest BCUT2D eigenvalue weighted by Gasteiger charge is -2.34. The predicted octanol–water partition coefficient (Wildman–Crippen LogP) is 2.32. The van der Waals surface area contributed by atoms with E-state index >= 15 is 0 Å². The number of nitrogens with zero attached hydrogens (tertiary/aromatic N) is 4. The van der Waals surface area contributed by atoms with Crippen molar-refractivity contribution in [1.29, 1.82) is 0 Å². The van der Waals surface area contributed by atoms with E-state index in [1.54, 1.807) is 17.4 Å². The van der Waals surface area contributed by atoms with Gasteiger partial charge in [-0.25, -0.2) is 4.68 Å². The van der Waals surface area contributed by atoms with Crippen LogP contribution < -0.4 is 5.32 Å². The van der Waals surface area contributed by atoms with Gasteiger partial charge in [-0.15, -0.1) is 16.4 Å². The molecule has 0 unspecified atom stereocenters. The zero-order valence-corrected chi connectivity index (χ0v) is 16.1. The third kappa shape index (κ3) is 3.87. The molecule has 1 fully saturated rings. The number of amides is 1. The van der Waals surface area contributed by atoms with Gasteiger partial charge in [-0.3, -0.25) is 9.69 Å². The summed E-state index contributed by atoms with van der Waals surface area (Å²) in [6.07, 6.45) is 0. The summed E-state index contributed by atoms with van der Waals surface area (Å²) < 4.78 is 7.30. The molecule has 0 radical (unpaired) electrons. The van der Waals surface area contributed by atoms with Gasteiger partial charge in [-0.05, 0) is 36.6 Å². The highest BCUT2D eigenvalue weighted by molar-refractivity contribution is 7.10. The van der Waals surface area contributed by atoms with E-state index in [9.17, 15) is 4.79 Å². The number of carbonyl (C=O) groups is 1. The molecule has 1 N–H and O–H groups in total. The van der Waals surface area contributed by atoms with E-state index in [0.29, 0.717) is 12.1 Å². The first-order valence-corrected chi connectivity index (χ1v) is 10.1. The van der Waals surface area contributed by atoms with Crippen LogP contribution in [0.4, 0.5) is 0 Å². The quantitative estimate of drug-likeness (QED) is 0.705. The Morgan fingerprint density at radius 1 is 1.33 bits per heavy atom. The van der Waals surface area contributed by atoms with E-state index in [0.717, 1.165) is 43.9 Å². The first kappa shape index (κ1) is 18.1. The normalized spacial score (nSPS) is 16.5. The highest BCUT2D eigenvalue weighted by Gasteiger charge is 2.24. The highest BCUT2D eigenvalue weighted by Crippen LogP contribution is 2.25. The minimum Gasteiger partial charge on any atom is -0.379 e. The first-order chi connectivity index (χ1) is 13.3. The fourth-order valence-corrected chi connectivity index (χ4v) is 4.28. The Morgan fingerprint density at radius 2 is 2.19 bits per heavy atom. The molecule has 1 aromatic carbocycles. The van der Waals surface area contributed by atoms with Crippen molar-refractivity contribution >= 4 is 28.3 Å². The number of carbonyl (C=O) groups excluding carboxylic acids is 1. The van der Waals surface area contributed by atoms with Gasteiger partial charge in [-0.1, -0.05) is 11.3 Å². The van der Waals surface area contributed by atoms with Gasteiger partial charge in [0.25, 0.3) is 5.91 Å². The Labute approximate surface area is 161 Å². The molecule has 142 valence electrons. The molecule has 2 aromatic heterocycles. The lowest BCUT2D eigenvalue weighted by molar-refractivity contribution is 0.0169. The van der Waals surface area contributed by atoms with Crippen molar-refractivity contribution in [2.45, 2.75) is 19.5 Å². The standard InChI is InChI=1S/C19H23N5O2S/c1-2-24-16-6-5-14(12-15(16)21-22-24)19(25)20-13-17(18-4-3-11-27-18)23-7-9-26-10-8-23/h3-6,11-12,17H,2,7-10,13H2,1H3,(H,20,25)/t17-/m1/s1. The number of hydrogen-bond acceptors (Lipinski definition) is 6. The topological polar surface area (TPSA) is 72.3 Å². The van der Waals surface area contributed by atoms with Crippen molar-refractivity contribution in [3.8, 4) is 0 Å². The van der Waals surface area contributed by atoms with Gasteiger partial charge in [0.2, 0.25) is 0 Å². The lowest BCUT2D eigenvalue weighted by atomic mass is 10.1. The zero-order valence-electron chi connectivity index (χ0n) is 15.3. The van der Waals surface area contributed by atoms with Gasteiger partial charge in [-0.2, -0.15) is 0 Å². The van der Waals surface area contributed by atoms with Crippen LogP contribution in [0.5, 0.6) is 0 Å². The number of morpholine rings is 1. The van der Waals surface area contributed by atoms with E-state index in [2.05, 4.69) is 38.0 Å². The molecule has 1 aliphatic rings. The van der Waals surface area contributed by atoms with Crippen molar-refractivity contribution in [3.63, 3.8) is 0 Å². The van der Waals surface area contributed by atoms with Gasteiger partial charge in [0.15, 0.2) is 0 Å². The van der Waals surface area contributed by atoms with Crippen LogP contribution in [0.15, 0.2) is 35.7 Å². The first-order valence-electron chi connectivity index (χ1n) is 9.23. The second-order valence-corrected chi connectivity index (χ2v) is 7.48. The van der Waals surface area contributed by atoms with Crippen LogP contribution in [0, 0.1) is 0 Å². The average Bonchev–Trinajstić information content (AvgIpc) is 3.38. The number of aromatic nitrogens is 3. The number of thiophene rings is 1. The summed E-state index contributed by atoms with van der Waals surface area (Å²) in [5.41, 5.74) is 2.30. The molecule has 1 atom stereocenters. The van der Waals surface area contributed by atoms with Crippen LogP contribution in [0.25, 0.3) is 11.0 Å². The number of ether oxygens (including phenoxy) is 1. The number of fused-ring (bicyclic) bond motifs is 1. The van der Waals surface area contributed by atoms with Crippen LogP contribution in [0.1, 0.15) is 28.2 Å². The molecule has 27 heavy (non-hydrogen) atoms. The molecule has 1 saturated heterocycles. The van der Waals surface area contributed by atoms with Crippen LogP contribution in [0.2, 0.25) is 0 Å². The average molecular weight is 385 g/mol. The smallest absolute Gasteiger partial charge is 0.251 e. The summed E-state index contributed by atoms with van der Waals surface area (Å²) in [6, 6.07) is 9.90. The molecule has 3 aromatic rings. The molecule has 0 spiro atoms. The SMILES string of the molecule is CCn1nnc2cc(C(=O)NC[C@H](c3cccs3)N3CCOCC3)ccc21. The molecule has 1 aliphatic heterocycles. The predicted molar refractivity (Wildman–Crippen MR) is 105 cm³/mol. The maximum Gasteiger partial charge on any atom is 0.251 e. The summed E-state index contributed by atoms with van der Waals surface area (Å²) in [4.78, 5) is 16.4. The van der Waals surface area contributed by atoms with E-state index in [4.69, 9.17) is 4.74 Å². The van der Waals surface area contributed by atoms with E-state index < -0.39 is 0 Å². The second-order valence-electron chi connectivity index (χ2n) is 6.50. The zero-order chi connectivity index (χ0) is 18.6. The van der Waals surface area contributed by atoms with E-state index in [1.165, 1.54) is 4.88 Å². The summed E-state index contributed by atoms with van der Waals surface area (Å²) in [5.74, 6) is -0.0854. The molecule has 0 saturated carbocycles. The second kappa shape index (κ2) is 8.16. The number of aryl methyl sites for hydroxylation is 1. The Kier molecular flexibility index (Phi) is 5.47. The van der Waals surface area contributed by atoms with Crippen LogP contribution in [-0.4, -0.2) is 58.6 Å². The Morgan fingerprint density at radius 3 is 2.93 bits per heavy atom. The summed E-state index contributed by atoms with van der Waals surface area (Å²) in [7, 11) is 0. The third-order valence-electron chi connectivity index (χ3n) is 4.89. The van der Waals surface area contributed by atoms with Crippen molar-refractivity contribution in [2.75, 3.05) is 32.8 Å². The summed E-state index contributed by atoms with van der Waals surface area (Å²) in [5, 5.41) is 13.4. The molecule has 7 nitrogen and oxygen atoms in total. The molecule has 0 aliphatic carbocycles. The molecule has 1 amide bonds. The maximum atomic E-state index is 12.7. The van der Waals surface area contributed by atoms with Gasteiger partial charge < -0.3 is 10.1 Å². The van der Waals surface area contributed by atoms with Gasteiger partial charge in [0, 0.05) is 36.6 Å². The van der Waals surface area contributed by atoms with Gasteiger partial charge >= 0.3 is 0 Å². The Balaban J connectivity index is 1.47. The lowest BCUT2D eigenvalue weighted by Crippen LogP contribution is -2.43. The maximum absolute atomic E-state index is 12.7. The van der Waals surface area contributed by atoms with Crippen LogP contribution in [0.3, 0.4) is 0 Å². The van der Waals surface area contributed by atoms with Crippen LogP contribution in [-0.2, 0) is 11.3 Å². The summed E-state index contributed by atoms with van der Waals surface area (Å²) in [6.45, 7) is 6.57. The van der Waals surface area contributed by atoms with E-state index in [-0.39, 0.29) is 11.9 Å². The van der Waals surface area contributed by atoms with Gasteiger partial charge in [0.05, 0.1) is 24.8 Å². The van der Waals surface area contributed by atoms with Crippen molar-refractivity contribution in [1.82, 2.24) is 25.2 Å². The fourth-order valence-electron chi connectivity index (χ4n) is 3.42. The van der Waals surface area contributed by atoms with Gasteiger partial charge in [0.1, 0.15) is 5.52 Å². The minimum atomic E-state index is -0.0854. The number of rotatable bonds is 6. The molecule has 8 heteroatoms. The largest absolute Gasteiger partial charge is 0.379 e. The van der Waals surface area contributed by atoms with Crippen molar-refractivity contribution in [3.05, 3.63) is 46.2 Å². The number of hydrogen-bond donors (Lipinski definition) is 1.